The number of hydrogen-bond donors (Lipinski definition) is 1. The van der Waals surface area contributed by atoms with E-state index >= 15 is 0 Å². The molecule has 1 rings (SSSR count). The summed E-state index contributed by atoms with van der Waals surface area (Å²) in [6, 6.07) is 0.165. The summed E-state index contributed by atoms with van der Waals surface area (Å²) in [5, 5.41) is 0. The quantitative estimate of drug-likeness (QED) is 0.689. The average molecular weight is 211 g/mol. The molecule has 1 aromatic rings. The van der Waals surface area contributed by atoms with Gasteiger partial charge in [0.2, 0.25) is 0 Å². The molecule has 0 amide bonds. The summed E-state index contributed by atoms with van der Waals surface area (Å²) in [6.45, 7) is 6.57. The second-order valence-corrected chi connectivity index (χ2v) is 3.77. The zero-order valence-electron chi connectivity index (χ0n) is 9.65. The van der Waals surface area contributed by atoms with Gasteiger partial charge in [0.05, 0.1) is 0 Å². The van der Waals surface area contributed by atoms with Crippen molar-refractivity contribution in [3.63, 3.8) is 0 Å². The first-order valence-electron chi connectivity index (χ1n) is 5.57. The predicted molar refractivity (Wildman–Crippen MR) is 60.7 cm³/mol. The van der Waals surface area contributed by atoms with Gasteiger partial charge in [-0.15, -0.1) is 0 Å². The molecule has 0 aromatic carbocycles. The lowest BCUT2D eigenvalue weighted by Gasteiger charge is -2.09. The lowest BCUT2D eigenvalue weighted by Crippen LogP contribution is -2.20. The van der Waals surface area contributed by atoms with Gasteiger partial charge in [-0.05, 0) is 20.3 Å². The average Bonchev–Trinajstić information content (AvgIpc) is 2.59. The first-order chi connectivity index (χ1) is 7.24. The highest BCUT2D eigenvalue weighted by molar-refractivity contribution is 4.94. The first kappa shape index (κ1) is 12.2. The molecule has 15 heavy (non-hydrogen) atoms. The molecule has 0 bridgehead atoms. The van der Waals surface area contributed by atoms with Crippen LogP contribution in [0.1, 0.15) is 26.1 Å². The largest absolute Gasteiger partial charge is 0.382 e. The Morgan fingerprint density at radius 1 is 1.60 bits per heavy atom. The molecular weight excluding hydrogens is 190 g/mol. The fourth-order valence-corrected chi connectivity index (χ4v) is 1.50. The van der Waals surface area contributed by atoms with E-state index in [2.05, 4.69) is 9.55 Å². The van der Waals surface area contributed by atoms with Crippen LogP contribution in [0.2, 0.25) is 0 Å². The lowest BCUT2D eigenvalue weighted by atomic mass is 10.2. The number of hydrogen-bond acceptors (Lipinski definition) is 3. The minimum absolute atomic E-state index is 0.165. The second-order valence-electron chi connectivity index (χ2n) is 3.77. The van der Waals surface area contributed by atoms with Gasteiger partial charge in [0, 0.05) is 44.6 Å². The van der Waals surface area contributed by atoms with Crippen molar-refractivity contribution in [3.05, 3.63) is 18.2 Å². The topological polar surface area (TPSA) is 53.1 Å². The molecule has 1 aromatic heterocycles. The van der Waals surface area contributed by atoms with Gasteiger partial charge in [0.25, 0.3) is 0 Å². The maximum absolute atomic E-state index is 5.75. The highest BCUT2D eigenvalue weighted by Crippen LogP contribution is 2.02. The summed E-state index contributed by atoms with van der Waals surface area (Å²) >= 11 is 0. The van der Waals surface area contributed by atoms with Crippen molar-refractivity contribution in [2.45, 2.75) is 39.3 Å². The zero-order valence-corrected chi connectivity index (χ0v) is 9.65. The van der Waals surface area contributed by atoms with E-state index < -0.39 is 0 Å². The molecule has 1 unspecified atom stereocenters. The van der Waals surface area contributed by atoms with E-state index in [-0.39, 0.29) is 6.04 Å². The maximum Gasteiger partial charge on any atom is 0.110 e. The summed E-state index contributed by atoms with van der Waals surface area (Å²) in [5.74, 6) is 1.07. The third kappa shape index (κ3) is 4.44. The van der Waals surface area contributed by atoms with E-state index in [0.29, 0.717) is 0 Å². The van der Waals surface area contributed by atoms with Gasteiger partial charge < -0.3 is 15.0 Å². The van der Waals surface area contributed by atoms with Crippen molar-refractivity contribution < 1.29 is 4.74 Å². The van der Waals surface area contributed by atoms with E-state index in [1.54, 1.807) is 0 Å². The standard InChI is InChI=1S/C11H21N3O/c1-3-15-8-4-6-14-7-5-13-11(14)9-10(2)12/h5,7,10H,3-4,6,8-9,12H2,1-2H3. The van der Waals surface area contributed by atoms with E-state index in [9.17, 15) is 0 Å². The van der Waals surface area contributed by atoms with Gasteiger partial charge in [-0.1, -0.05) is 0 Å². The van der Waals surface area contributed by atoms with Crippen LogP contribution in [0.4, 0.5) is 0 Å². The van der Waals surface area contributed by atoms with Crippen LogP contribution in [0.25, 0.3) is 0 Å². The van der Waals surface area contributed by atoms with Crippen LogP contribution in [0.15, 0.2) is 12.4 Å². The third-order valence-corrected chi connectivity index (χ3v) is 2.20. The minimum atomic E-state index is 0.165. The molecule has 0 aliphatic heterocycles. The molecule has 0 aliphatic rings. The molecule has 0 aliphatic carbocycles. The van der Waals surface area contributed by atoms with Crippen molar-refractivity contribution in [1.82, 2.24) is 9.55 Å². The number of nitrogens with two attached hydrogens (primary N) is 1. The Labute approximate surface area is 91.4 Å². The van der Waals surface area contributed by atoms with Gasteiger partial charge in [0.15, 0.2) is 0 Å². The van der Waals surface area contributed by atoms with Crippen LogP contribution in [-0.2, 0) is 17.7 Å². The number of aromatic nitrogens is 2. The molecular formula is C11H21N3O. The number of nitrogens with zero attached hydrogens (tertiary/aromatic N) is 2. The molecule has 0 fully saturated rings. The van der Waals surface area contributed by atoms with Gasteiger partial charge in [0.1, 0.15) is 5.82 Å². The van der Waals surface area contributed by atoms with Gasteiger partial charge in [-0.2, -0.15) is 0 Å². The second kappa shape index (κ2) is 6.58. The maximum atomic E-state index is 5.75. The van der Waals surface area contributed by atoms with Crippen LogP contribution in [0.5, 0.6) is 0 Å². The van der Waals surface area contributed by atoms with Crippen molar-refractivity contribution in [3.8, 4) is 0 Å². The molecule has 0 saturated heterocycles. The van der Waals surface area contributed by atoms with Crippen LogP contribution in [0, 0.1) is 0 Å². The molecule has 0 saturated carbocycles. The zero-order chi connectivity index (χ0) is 11.1. The highest BCUT2D eigenvalue weighted by Gasteiger charge is 2.04. The monoisotopic (exact) mass is 211 g/mol. The Morgan fingerprint density at radius 2 is 2.40 bits per heavy atom. The van der Waals surface area contributed by atoms with Crippen LogP contribution in [-0.4, -0.2) is 28.8 Å². The number of rotatable bonds is 7. The summed E-state index contributed by atoms with van der Waals surface area (Å²) in [5.41, 5.74) is 5.75. The molecule has 4 nitrogen and oxygen atoms in total. The van der Waals surface area contributed by atoms with Crippen LogP contribution < -0.4 is 5.73 Å². The molecule has 0 radical (unpaired) electrons. The molecule has 0 spiro atoms. The Morgan fingerprint density at radius 3 is 3.07 bits per heavy atom. The Hall–Kier alpha value is -0.870. The summed E-state index contributed by atoms with van der Waals surface area (Å²) in [4.78, 5) is 4.30. The molecule has 1 heterocycles. The first-order valence-corrected chi connectivity index (χ1v) is 5.57. The van der Waals surface area contributed by atoms with Gasteiger partial charge in [-0.3, -0.25) is 0 Å². The van der Waals surface area contributed by atoms with E-state index in [4.69, 9.17) is 10.5 Å². The normalized spacial score (nSPS) is 13.0. The Balaban J connectivity index is 2.36. The number of ether oxygens (including phenoxy) is 1. The Bertz CT molecular complexity index is 271. The smallest absolute Gasteiger partial charge is 0.110 e. The molecule has 86 valence electrons. The van der Waals surface area contributed by atoms with Gasteiger partial charge >= 0.3 is 0 Å². The number of aryl methyl sites for hydroxylation is 1. The molecule has 4 heteroatoms. The van der Waals surface area contributed by atoms with Crippen LogP contribution >= 0.6 is 0 Å². The summed E-state index contributed by atoms with van der Waals surface area (Å²) in [7, 11) is 0. The summed E-state index contributed by atoms with van der Waals surface area (Å²) < 4.78 is 7.45. The fourth-order valence-electron chi connectivity index (χ4n) is 1.50. The van der Waals surface area contributed by atoms with E-state index in [0.717, 1.165) is 38.4 Å². The van der Waals surface area contributed by atoms with E-state index in [1.807, 2.05) is 26.2 Å². The highest BCUT2D eigenvalue weighted by atomic mass is 16.5. The fraction of sp³-hybridized carbons (Fsp3) is 0.727. The Kier molecular flexibility index (Phi) is 5.36. The predicted octanol–water partition coefficient (Wildman–Crippen LogP) is 1.20. The van der Waals surface area contributed by atoms with Crippen LogP contribution in [0.3, 0.4) is 0 Å². The van der Waals surface area contributed by atoms with Crippen molar-refractivity contribution in [2.75, 3.05) is 13.2 Å². The van der Waals surface area contributed by atoms with Gasteiger partial charge in [-0.25, -0.2) is 4.98 Å². The number of imidazole rings is 1. The van der Waals surface area contributed by atoms with Crippen molar-refractivity contribution in [1.29, 1.82) is 0 Å². The lowest BCUT2D eigenvalue weighted by molar-refractivity contribution is 0.141. The minimum Gasteiger partial charge on any atom is -0.382 e. The third-order valence-electron chi connectivity index (χ3n) is 2.20. The van der Waals surface area contributed by atoms with E-state index in [1.165, 1.54) is 0 Å². The van der Waals surface area contributed by atoms with Crippen molar-refractivity contribution in [2.24, 2.45) is 5.73 Å². The summed E-state index contributed by atoms with van der Waals surface area (Å²) in [6.07, 6.45) is 5.69. The van der Waals surface area contributed by atoms with Crippen molar-refractivity contribution >= 4 is 0 Å². The SMILES string of the molecule is CCOCCCn1ccnc1CC(C)N. The molecule has 2 N–H and O–H groups in total. The molecule has 1 atom stereocenters.